The molecule has 3 fully saturated rings. The summed E-state index contributed by atoms with van der Waals surface area (Å²) < 4.78 is 4.57. The van der Waals surface area contributed by atoms with E-state index >= 15 is 0 Å². The van der Waals surface area contributed by atoms with Crippen LogP contribution in [0.2, 0.25) is 0 Å². The number of hydrogen-bond donors (Lipinski definition) is 2. The van der Waals surface area contributed by atoms with Gasteiger partial charge in [-0.15, -0.1) is 0 Å². The molecule has 3 aliphatic carbocycles. The third-order valence-electron chi connectivity index (χ3n) is 10.2. The molecule has 0 radical (unpaired) electrons. The Bertz CT molecular complexity index is 1070. The number of aromatic nitrogens is 1. The van der Waals surface area contributed by atoms with Crippen molar-refractivity contribution >= 4 is 29.4 Å². The fourth-order valence-corrected chi connectivity index (χ4v) is 8.32. The first-order valence-electron chi connectivity index (χ1n) is 13.2. The normalized spacial score (nSPS) is 36.9. The minimum Gasteiger partial charge on any atom is -0.453 e. The number of methoxy groups -OCH3 is 1. The molecule has 4 aliphatic rings. The largest absolute Gasteiger partial charge is 0.453 e. The van der Waals surface area contributed by atoms with Crippen molar-refractivity contribution in [2.75, 3.05) is 24.8 Å². The summed E-state index contributed by atoms with van der Waals surface area (Å²) in [6, 6.07) is 3.67. The molecule has 194 valence electrons. The molecule has 1 aliphatic heterocycles. The number of hydrogen-bond acceptors (Lipinski definition) is 5. The van der Waals surface area contributed by atoms with E-state index in [9.17, 15) is 14.4 Å². The van der Waals surface area contributed by atoms with Gasteiger partial charge >= 0.3 is 6.09 Å². The number of nitrogens with zero attached hydrogens (tertiary/aromatic N) is 2. The van der Waals surface area contributed by atoms with E-state index in [0.29, 0.717) is 47.6 Å². The lowest BCUT2D eigenvalue weighted by Crippen LogP contribution is -2.59. The van der Waals surface area contributed by atoms with Gasteiger partial charge in [0.1, 0.15) is 5.82 Å². The van der Waals surface area contributed by atoms with Crippen LogP contribution >= 0.6 is 0 Å². The van der Waals surface area contributed by atoms with Gasteiger partial charge in [0, 0.05) is 24.9 Å². The number of rotatable bonds is 4. The molecule has 0 saturated heterocycles. The predicted octanol–water partition coefficient (Wildman–Crippen LogP) is 4.84. The molecule has 8 heteroatoms. The molecule has 0 aromatic carbocycles. The summed E-state index contributed by atoms with van der Waals surface area (Å²) in [5.74, 6) is 2.77. The number of anilines is 2. The van der Waals surface area contributed by atoms with Gasteiger partial charge in [-0.05, 0) is 85.8 Å². The number of ether oxygens (including phenoxy) is 1. The number of fused-ring (bicyclic) bond motifs is 5. The maximum Gasteiger partial charge on any atom is 0.412 e. The van der Waals surface area contributed by atoms with Crippen LogP contribution in [-0.4, -0.2) is 48.0 Å². The molecule has 3 saturated carbocycles. The van der Waals surface area contributed by atoms with Crippen molar-refractivity contribution in [1.82, 2.24) is 9.88 Å². The van der Waals surface area contributed by atoms with Gasteiger partial charge in [0.05, 0.1) is 19.0 Å². The van der Waals surface area contributed by atoms with Crippen LogP contribution in [-0.2, 0) is 14.3 Å². The van der Waals surface area contributed by atoms with Gasteiger partial charge in [0.25, 0.3) is 0 Å². The minimum absolute atomic E-state index is 0.0190. The highest BCUT2D eigenvalue weighted by Crippen LogP contribution is 2.65. The summed E-state index contributed by atoms with van der Waals surface area (Å²) in [7, 11) is 3.26. The lowest BCUT2D eigenvalue weighted by Gasteiger charge is -2.60. The molecule has 0 spiro atoms. The molecule has 0 bridgehead atoms. The number of pyridine rings is 1. The number of likely N-dealkylation sites (N-methyl/N-ethyl adjacent to an activating group) is 1. The zero-order valence-electron chi connectivity index (χ0n) is 21.8. The molecule has 36 heavy (non-hydrogen) atoms. The maximum absolute atomic E-state index is 13.0. The van der Waals surface area contributed by atoms with E-state index in [1.54, 1.807) is 24.4 Å². The molecule has 8 nitrogen and oxygen atoms in total. The van der Waals surface area contributed by atoms with E-state index in [-0.39, 0.29) is 22.6 Å². The Hall–Kier alpha value is -2.90. The van der Waals surface area contributed by atoms with Gasteiger partial charge < -0.3 is 15.0 Å². The second-order valence-corrected chi connectivity index (χ2v) is 11.7. The standard InChI is InChI=1S/C28H38N4O4/c1-27-13-11-21-19(7-9-22-28(21,2)14-12-25(34)32(22)3)20(27)8-5-17(27)15-24(33)30-18-6-10-23(29-16-18)31-26(35)36-4/h6,10,12,14,16-17,19-22H,5,7-9,11,13,15H2,1-4H3,(H,30,33)(H,29,31,35)/t17-,19?,20?,21?,22?,27-,28-/m1/s1. The van der Waals surface area contributed by atoms with Crippen molar-refractivity contribution in [1.29, 1.82) is 0 Å². The van der Waals surface area contributed by atoms with E-state index in [0.717, 1.165) is 25.7 Å². The highest BCUT2D eigenvalue weighted by atomic mass is 16.5. The number of carbonyl (C=O) groups excluding carboxylic acids is 3. The average molecular weight is 495 g/mol. The van der Waals surface area contributed by atoms with Gasteiger partial charge in [-0.3, -0.25) is 14.9 Å². The van der Waals surface area contributed by atoms with Crippen LogP contribution in [0.4, 0.5) is 16.3 Å². The number of nitrogens with one attached hydrogen (secondary N) is 2. The molecule has 5 rings (SSSR count). The minimum atomic E-state index is -0.583. The smallest absolute Gasteiger partial charge is 0.412 e. The van der Waals surface area contributed by atoms with Crippen LogP contribution in [0, 0.1) is 34.5 Å². The molecule has 4 unspecified atom stereocenters. The highest BCUT2D eigenvalue weighted by molar-refractivity contribution is 5.91. The molecule has 1 aromatic rings. The molecular weight excluding hydrogens is 456 g/mol. The highest BCUT2D eigenvalue weighted by Gasteiger charge is 2.60. The van der Waals surface area contributed by atoms with Gasteiger partial charge in [-0.1, -0.05) is 19.9 Å². The summed E-state index contributed by atoms with van der Waals surface area (Å²) in [4.78, 5) is 42.8. The molecular formula is C28H38N4O4. The quantitative estimate of drug-likeness (QED) is 0.624. The van der Waals surface area contributed by atoms with Crippen LogP contribution in [0.5, 0.6) is 0 Å². The summed E-state index contributed by atoms with van der Waals surface area (Å²) in [5.41, 5.74) is 0.839. The summed E-state index contributed by atoms with van der Waals surface area (Å²) in [6.07, 6.45) is 12.3. The molecule has 2 N–H and O–H groups in total. The monoisotopic (exact) mass is 494 g/mol. The SMILES string of the molecule is COC(=O)Nc1ccc(NC(=O)C[C@H]2CCC3C4CCC5N(C)C(=O)C=C[C@]5(C)C4CC[C@@]32C)cn1. The van der Waals surface area contributed by atoms with Gasteiger partial charge in [-0.25, -0.2) is 9.78 Å². The van der Waals surface area contributed by atoms with Crippen molar-refractivity contribution in [2.45, 2.75) is 64.8 Å². The molecule has 1 aromatic heterocycles. The van der Waals surface area contributed by atoms with Gasteiger partial charge in [0.2, 0.25) is 11.8 Å². The van der Waals surface area contributed by atoms with Crippen molar-refractivity contribution in [3.05, 3.63) is 30.5 Å². The first kappa shape index (κ1) is 24.8. The third kappa shape index (κ3) is 4.08. The first-order chi connectivity index (χ1) is 17.2. The van der Waals surface area contributed by atoms with E-state index in [1.165, 1.54) is 20.0 Å². The molecule has 3 amide bonds. The van der Waals surface area contributed by atoms with Crippen LogP contribution in [0.25, 0.3) is 0 Å². The van der Waals surface area contributed by atoms with E-state index in [4.69, 9.17) is 0 Å². The van der Waals surface area contributed by atoms with Crippen LogP contribution < -0.4 is 10.6 Å². The second-order valence-electron chi connectivity index (χ2n) is 11.7. The van der Waals surface area contributed by atoms with E-state index in [1.807, 2.05) is 11.9 Å². The van der Waals surface area contributed by atoms with Gasteiger partial charge in [-0.2, -0.15) is 0 Å². The third-order valence-corrected chi connectivity index (χ3v) is 10.2. The molecule has 2 heterocycles. The predicted molar refractivity (Wildman–Crippen MR) is 137 cm³/mol. The Labute approximate surface area is 213 Å². The zero-order valence-corrected chi connectivity index (χ0v) is 21.8. The maximum atomic E-state index is 13.0. The van der Waals surface area contributed by atoms with E-state index in [2.05, 4.69) is 40.3 Å². The lowest BCUT2D eigenvalue weighted by molar-refractivity contribution is -0.139. The Morgan fingerprint density at radius 2 is 1.92 bits per heavy atom. The number of amides is 3. The number of carbonyl (C=O) groups is 3. The summed E-state index contributed by atoms with van der Waals surface area (Å²) >= 11 is 0. The summed E-state index contributed by atoms with van der Waals surface area (Å²) in [5, 5.41) is 5.50. The average Bonchev–Trinajstić information content (AvgIpc) is 3.19. The topological polar surface area (TPSA) is 101 Å². The molecule has 7 atom stereocenters. The first-order valence-corrected chi connectivity index (χ1v) is 13.2. The van der Waals surface area contributed by atoms with Gasteiger partial charge in [0.15, 0.2) is 0 Å². The van der Waals surface area contributed by atoms with Crippen molar-refractivity contribution in [3.63, 3.8) is 0 Å². The Kier molecular flexibility index (Phi) is 6.33. The Morgan fingerprint density at radius 3 is 2.64 bits per heavy atom. The van der Waals surface area contributed by atoms with Crippen molar-refractivity contribution in [3.8, 4) is 0 Å². The fraction of sp³-hybridized carbons (Fsp3) is 0.643. The summed E-state index contributed by atoms with van der Waals surface area (Å²) in [6.45, 7) is 4.80. The van der Waals surface area contributed by atoms with Crippen molar-refractivity contribution < 1.29 is 19.1 Å². The van der Waals surface area contributed by atoms with Crippen LogP contribution in [0.1, 0.15) is 58.8 Å². The zero-order chi connectivity index (χ0) is 25.7. The Balaban J connectivity index is 1.24. The second kappa shape index (κ2) is 9.20. The Morgan fingerprint density at radius 1 is 1.11 bits per heavy atom. The lowest BCUT2D eigenvalue weighted by atomic mass is 9.47. The van der Waals surface area contributed by atoms with Crippen molar-refractivity contribution in [2.24, 2.45) is 34.5 Å². The van der Waals surface area contributed by atoms with Crippen LogP contribution in [0.15, 0.2) is 30.5 Å². The van der Waals surface area contributed by atoms with Crippen LogP contribution in [0.3, 0.4) is 0 Å². The van der Waals surface area contributed by atoms with E-state index < -0.39 is 6.09 Å². The fourth-order valence-electron chi connectivity index (χ4n) is 8.32.